The van der Waals surface area contributed by atoms with Crippen molar-refractivity contribution in [3.63, 3.8) is 0 Å². The lowest BCUT2D eigenvalue weighted by molar-refractivity contribution is -0.111. The molecule has 3 nitrogen and oxygen atoms in total. The molecule has 1 amide bonds. The van der Waals surface area contributed by atoms with E-state index in [0.29, 0.717) is 5.71 Å². The molecule has 0 spiro atoms. The fourth-order valence-electron chi connectivity index (χ4n) is 1.08. The molecule has 1 aliphatic carbocycles. The van der Waals surface area contributed by atoms with E-state index in [1.807, 2.05) is 0 Å². The lowest BCUT2D eigenvalue weighted by Crippen LogP contribution is -2.23. The summed E-state index contributed by atoms with van der Waals surface area (Å²) in [6.45, 7) is 0. The minimum atomic E-state index is -0.430. The molecule has 1 aliphatic heterocycles. The highest BCUT2D eigenvalue weighted by molar-refractivity contribution is 6.32. The first kappa shape index (κ1) is 7.09. The summed E-state index contributed by atoms with van der Waals surface area (Å²) in [5.41, 5.74) is 0.377. The summed E-state index contributed by atoms with van der Waals surface area (Å²) in [7, 11) is 0. The second-order valence-electron chi connectivity index (χ2n) is 2.49. The SMILES string of the molecule is O=C1C=N[C@@H]2C=CC(F)=CC2=N1. The molecule has 0 unspecified atom stereocenters. The van der Waals surface area contributed by atoms with Gasteiger partial charge in [-0.15, -0.1) is 0 Å². The summed E-state index contributed by atoms with van der Waals surface area (Å²) < 4.78 is 12.6. The molecule has 0 radical (unpaired) electrons. The van der Waals surface area contributed by atoms with Gasteiger partial charge in [0.05, 0.1) is 11.9 Å². The summed E-state index contributed by atoms with van der Waals surface area (Å²) in [6.07, 6.45) is 5.25. The van der Waals surface area contributed by atoms with Crippen LogP contribution in [0.4, 0.5) is 4.39 Å². The molecule has 0 aromatic carbocycles. The third-order valence-corrected chi connectivity index (χ3v) is 1.61. The molecule has 0 saturated heterocycles. The predicted molar refractivity (Wildman–Crippen MR) is 43.1 cm³/mol. The highest BCUT2D eigenvalue weighted by Gasteiger charge is 2.18. The Balaban J connectivity index is 2.40. The van der Waals surface area contributed by atoms with Crippen LogP contribution in [0, 0.1) is 0 Å². The minimum absolute atomic E-state index is 0.276. The smallest absolute Gasteiger partial charge is 0.273 e. The Bertz CT molecular complexity index is 352. The van der Waals surface area contributed by atoms with Gasteiger partial charge in [0.1, 0.15) is 11.9 Å². The van der Waals surface area contributed by atoms with E-state index < -0.39 is 11.7 Å². The zero-order valence-corrected chi connectivity index (χ0v) is 6.07. The zero-order valence-electron chi connectivity index (χ0n) is 6.07. The summed E-state index contributed by atoms with van der Waals surface area (Å²) in [6, 6.07) is -0.276. The average molecular weight is 164 g/mol. The average Bonchev–Trinajstić information content (AvgIpc) is 2.03. The summed E-state index contributed by atoms with van der Waals surface area (Å²) in [4.78, 5) is 18.2. The molecule has 0 aromatic rings. The highest BCUT2D eigenvalue weighted by Crippen LogP contribution is 2.14. The van der Waals surface area contributed by atoms with Gasteiger partial charge in [-0.25, -0.2) is 9.38 Å². The van der Waals surface area contributed by atoms with E-state index in [4.69, 9.17) is 0 Å². The van der Waals surface area contributed by atoms with Crippen LogP contribution in [0.3, 0.4) is 0 Å². The fourth-order valence-corrected chi connectivity index (χ4v) is 1.08. The molecular formula is C8H5FN2O. The highest BCUT2D eigenvalue weighted by atomic mass is 19.1. The van der Waals surface area contributed by atoms with Crippen molar-refractivity contribution in [2.24, 2.45) is 9.98 Å². The third-order valence-electron chi connectivity index (χ3n) is 1.61. The number of hydrogen-bond donors (Lipinski definition) is 0. The quantitative estimate of drug-likeness (QED) is 0.522. The third kappa shape index (κ3) is 1.11. The standard InChI is InChI=1S/C8H5FN2O/c9-5-1-2-6-7(3-5)11-8(12)4-10-6/h1-4,6H/t6-/m1/s1. The number of carbonyl (C=O) groups excluding carboxylic acids is 1. The van der Waals surface area contributed by atoms with E-state index in [1.54, 1.807) is 6.08 Å². The van der Waals surface area contributed by atoms with Crippen LogP contribution in [0.1, 0.15) is 0 Å². The van der Waals surface area contributed by atoms with Gasteiger partial charge in [0.2, 0.25) is 0 Å². The Morgan fingerprint density at radius 3 is 3.17 bits per heavy atom. The van der Waals surface area contributed by atoms with E-state index in [9.17, 15) is 9.18 Å². The van der Waals surface area contributed by atoms with E-state index >= 15 is 0 Å². The van der Waals surface area contributed by atoms with Gasteiger partial charge in [0.25, 0.3) is 5.91 Å². The molecule has 0 fully saturated rings. The molecule has 0 bridgehead atoms. The zero-order chi connectivity index (χ0) is 8.55. The Morgan fingerprint density at radius 2 is 2.33 bits per heavy atom. The van der Waals surface area contributed by atoms with Crippen LogP contribution in [0.2, 0.25) is 0 Å². The maximum absolute atomic E-state index is 12.6. The summed E-state index contributed by atoms with van der Waals surface area (Å²) in [5.74, 6) is -0.824. The van der Waals surface area contributed by atoms with Gasteiger partial charge in [-0.1, -0.05) is 6.08 Å². The molecule has 0 saturated carbocycles. The lowest BCUT2D eigenvalue weighted by Gasteiger charge is -2.13. The van der Waals surface area contributed by atoms with Crippen molar-refractivity contribution >= 4 is 17.8 Å². The first-order chi connectivity index (χ1) is 5.75. The maximum atomic E-state index is 12.6. The van der Waals surface area contributed by atoms with Crippen molar-refractivity contribution < 1.29 is 9.18 Å². The Kier molecular flexibility index (Phi) is 1.46. The topological polar surface area (TPSA) is 41.8 Å². The van der Waals surface area contributed by atoms with Gasteiger partial charge >= 0.3 is 0 Å². The van der Waals surface area contributed by atoms with Gasteiger partial charge in [-0.05, 0) is 12.2 Å². The van der Waals surface area contributed by atoms with E-state index in [-0.39, 0.29) is 6.04 Å². The Hall–Kier alpha value is -1.58. The summed E-state index contributed by atoms with van der Waals surface area (Å²) >= 11 is 0. The van der Waals surface area contributed by atoms with Crippen molar-refractivity contribution in [1.29, 1.82) is 0 Å². The Morgan fingerprint density at radius 1 is 1.50 bits per heavy atom. The molecule has 2 aliphatic rings. The lowest BCUT2D eigenvalue weighted by atomic mass is 10.1. The van der Waals surface area contributed by atoms with Gasteiger partial charge in [-0.3, -0.25) is 9.79 Å². The normalized spacial score (nSPS) is 26.4. The molecule has 1 heterocycles. The molecule has 0 aromatic heterocycles. The number of rotatable bonds is 0. The molecule has 1 atom stereocenters. The molecule has 0 N–H and O–H groups in total. The number of aliphatic imine (C=N–C) groups is 2. The van der Waals surface area contributed by atoms with Crippen molar-refractivity contribution in [3.8, 4) is 0 Å². The number of hydrogen-bond acceptors (Lipinski definition) is 2. The van der Waals surface area contributed by atoms with Crippen LogP contribution in [0.15, 0.2) is 34.0 Å². The van der Waals surface area contributed by atoms with E-state index in [2.05, 4.69) is 9.98 Å². The number of halogens is 1. The van der Waals surface area contributed by atoms with Crippen LogP contribution in [0.5, 0.6) is 0 Å². The number of carbonyl (C=O) groups is 1. The molecule has 60 valence electrons. The number of amides is 1. The van der Waals surface area contributed by atoms with Crippen molar-refractivity contribution in [2.75, 3.05) is 0 Å². The molecule has 4 heteroatoms. The number of nitrogens with zero attached hydrogens (tertiary/aromatic N) is 2. The first-order valence-electron chi connectivity index (χ1n) is 3.47. The Labute approximate surface area is 68.0 Å². The number of allylic oxidation sites excluding steroid dienone is 2. The van der Waals surface area contributed by atoms with Crippen molar-refractivity contribution in [3.05, 3.63) is 24.1 Å². The summed E-state index contributed by atoms with van der Waals surface area (Å²) in [5, 5.41) is 0. The predicted octanol–water partition coefficient (Wildman–Crippen LogP) is 0.830. The largest absolute Gasteiger partial charge is 0.288 e. The second kappa shape index (κ2) is 2.48. The monoisotopic (exact) mass is 164 g/mol. The van der Waals surface area contributed by atoms with Crippen molar-refractivity contribution in [2.45, 2.75) is 6.04 Å². The van der Waals surface area contributed by atoms with Crippen LogP contribution >= 0.6 is 0 Å². The first-order valence-corrected chi connectivity index (χ1v) is 3.47. The molecule has 12 heavy (non-hydrogen) atoms. The van der Waals surface area contributed by atoms with Crippen LogP contribution in [0.25, 0.3) is 0 Å². The molecular weight excluding hydrogens is 159 g/mol. The van der Waals surface area contributed by atoms with E-state index in [0.717, 1.165) is 6.21 Å². The van der Waals surface area contributed by atoms with Gasteiger partial charge < -0.3 is 0 Å². The second-order valence-corrected chi connectivity index (χ2v) is 2.49. The van der Waals surface area contributed by atoms with Gasteiger partial charge in [-0.2, -0.15) is 0 Å². The fraction of sp³-hybridized carbons (Fsp3) is 0.125. The van der Waals surface area contributed by atoms with Gasteiger partial charge in [0, 0.05) is 0 Å². The van der Waals surface area contributed by atoms with Crippen molar-refractivity contribution in [1.82, 2.24) is 0 Å². The van der Waals surface area contributed by atoms with Gasteiger partial charge in [0.15, 0.2) is 0 Å². The molecule has 2 rings (SSSR count). The van der Waals surface area contributed by atoms with Crippen LogP contribution in [-0.2, 0) is 4.79 Å². The maximum Gasteiger partial charge on any atom is 0.288 e. The van der Waals surface area contributed by atoms with E-state index in [1.165, 1.54) is 12.2 Å². The minimum Gasteiger partial charge on any atom is -0.273 e. The van der Waals surface area contributed by atoms with Crippen LogP contribution in [-0.4, -0.2) is 23.9 Å². The van der Waals surface area contributed by atoms with Crippen LogP contribution < -0.4 is 0 Å². The number of fused-ring (bicyclic) bond motifs is 1.